The Morgan fingerprint density at radius 2 is 1.87 bits per heavy atom. The van der Waals surface area contributed by atoms with E-state index in [4.69, 9.17) is 15.9 Å². The highest BCUT2D eigenvalue weighted by Gasteiger charge is 2.37. The Balaban J connectivity index is 1.34. The molecule has 0 N–H and O–H groups in total. The van der Waals surface area contributed by atoms with Crippen LogP contribution in [-0.4, -0.2) is 66.5 Å². The number of hydrogen-bond acceptors (Lipinski definition) is 5. The van der Waals surface area contributed by atoms with E-state index in [2.05, 4.69) is 5.92 Å². The van der Waals surface area contributed by atoms with Crippen LogP contribution < -0.4 is 4.74 Å². The van der Waals surface area contributed by atoms with E-state index in [1.807, 2.05) is 12.1 Å². The largest absolute Gasteiger partial charge is 0.491 e. The first-order valence-corrected chi connectivity index (χ1v) is 9.61. The molecule has 7 heteroatoms. The summed E-state index contributed by atoms with van der Waals surface area (Å²) >= 11 is 0. The number of benzene rings is 2. The molecule has 30 heavy (non-hydrogen) atoms. The van der Waals surface area contributed by atoms with Gasteiger partial charge in [0.15, 0.2) is 0 Å². The zero-order valence-electron chi connectivity index (χ0n) is 16.2. The molecule has 1 atom stereocenters. The molecule has 152 valence electrons. The fourth-order valence-electron chi connectivity index (χ4n) is 3.53. The number of terminal acetylenes is 1. The molecule has 3 amide bonds. The number of rotatable bonds is 5. The highest BCUT2D eigenvalue weighted by Crippen LogP contribution is 2.22. The summed E-state index contributed by atoms with van der Waals surface area (Å²) in [6, 6.07) is 13.8. The van der Waals surface area contributed by atoms with Crippen molar-refractivity contribution in [1.82, 2.24) is 9.80 Å². The third-order valence-corrected chi connectivity index (χ3v) is 5.10. The van der Waals surface area contributed by atoms with E-state index in [0.29, 0.717) is 36.6 Å². The van der Waals surface area contributed by atoms with Crippen LogP contribution in [0.1, 0.15) is 26.3 Å². The van der Waals surface area contributed by atoms with Gasteiger partial charge in [0, 0.05) is 12.1 Å². The second-order valence-corrected chi connectivity index (χ2v) is 7.06. The van der Waals surface area contributed by atoms with Crippen molar-refractivity contribution in [3.63, 3.8) is 0 Å². The van der Waals surface area contributed by atoms with Gasteiger partial charge in [0.05, 0.1) is 24.3 Å². The minimum atomic E-state index is -0.439. The molecule has 2 heterocycles. The molecule has 2 aliphatic rings. The zero-order chi connectivity index (χ0) is 21.1. The lowest BCUT2D eigenvalue weighted by molar-refractivity contribution is -0.140. The van der Waals surface area contributed by atoms with Gasteiger partial charge in [0.1, 0.15) is 25.0 Å². The molecule has 4 rings (SSSR count). The number of nitrogens with zero attached hydrogens (tertiary/aromatic N) is 2. The first-order chi connectivity index (χ1) is 14.6. The van der Waals surface area contributed by atoms with E-state index < -0.39 is 11.8 Å². The molecule has 0 spiro atoms. The standard InChI is InChI=1S/C23H20N2O5/c1-2-16-6-5-7-17(12-16)30-15-18-13-24(10-11-29-18)21(26)14-25-22(27)19-8-3-4-9-20(19)23(25)28/h1,3-9,12,18H,10-11,13-15H2. The van der Waals surface area contributed by atoms with Gasteiger partial charge in [0.25, 0.3) is 11.8 Å². The van der Waals surface area contributed by atoms with E-state index in [1.165, 1.54) is 0 Å². The number of imide groups is 1. The van der Waals surface area contributed by atoms with Crippen molar-refractivity contribution < 1.29 is 23.9 Å². The first-order valence-electron chi connectivity index (χ1n) is 9.61. The summed E-state index contributed by atoms with van der Waals surface area (Å²) in [6.07, 6.45) is 5.08. The summed E-state index contributed by atoms with van der Waals surface area (Å²) in [5, 5.41) is 0. The van der Waals surface area contributed by atoms with Crippen LogP contribution in [0.3, 0.4) is 0 Å². The van der Waals surface area contributed by atoms with Gasteiger partial charge in [-0.15, -0.1) is 6.42 Å². The van der Waals surface area contributed by atoms with Crippen molar-refractivity contribution in [3.8, 4) is 18.1 Å². The summed E-state index contributed by atoms with van der Waals surface area (Å²) < 4.78 is 11.4. The van der Waals surface area contributed by atoms with Gasteiger partial charge in [-0.1, -0.05) is 24.1 Å². The Hall–Kier alpha value is -3.63. The third-order valence-electron chi connectivity index (χ3n) is 5.10. The average Bonchev–Trinajstić information content (AvgIpc) is 3.03. The Labute approximate surface area is 174 Å². The first kappa shape index (κ1) is 19.7. The van der Waals surface area contributed by atoms with E-state index in [1.54, 1.807) is 41.3 Å². The Kier molecular flexibility index (Phi) is 5.50. The number of amides is 3. The lowest BCUT2D eigenvalue weighted by Crippen LogP contribution is -2.51. The summed E-state index contributed by atoms with van der Waals surface area (Å²) in [7, 11) is 0. The molecular weight excluding hydrogens is 384 g/mol. The molecule has 0 bridgehead atoms. The minimum absolute atomic E-state index is 0.255. The van der Waals surface area contributed by atoms with E-state index in [0.717, 1.165) is 10.5 Å². The van der Waals surface area contributed by atoms with Crippen LogP contribution in [-0.2, 0) is 9.53 Å². The normalized spacial score (nSPS) is 18.2. The summed E-state index contributed by atoms with van der Waals surface area (Å²) in [5.74, 6) is 2.00. The molecule has 2 aromatic carbocycles. The van der Waals surface area contributed by atoms with Crippen molar-refractivity contribution in [1.29, 1.82) is 0 Å². The maximum Gasteiger partial charge on any atom is 0.262 e. The monoisotopic (exact) mass is 404 g/mol. The van der Waals surface area contributed by atoms with Gasteiger partial charge in [-0.25, -0.2) is 0 Å². The van der Waals surface area contributed by atoms with Gasteiger partial charge in [0.2, 0.25) is 5.91 Å². The molecule has 0 saturated carbocycles. The van der Waals surface area contributed by atoms with Crippen molar-refractivity contribution in [2.75, 3.05) is 32.8 Å². The van der Waals surface area contributed by atoms with Gasteiger partial charge in [-0.05, 0) is 30.3 Å². The second kappa shape index (κ2) is 8.39. The molecule has 7 nitrogen and oxygen atoms in total. The topological polar surface area (TPSA) is 76.2 Å². The molecule has 0 aliphatic carbocycles. The van der Waals surface area contributed by atoms with E-state index >= 15 is 0 Å². The van der Waals surface area contributed by atoms with Gasteiger partial charge in [-0.3, -0.25) is 19.3 Å². The van der Waals surface area contributed by atoms with Crippen LogP contribution in [0.4, 0.5) is 0 Å². The fraction of sp³-hybridized carbons (Fsp3) is 0.261. The second-order valence-electron chi connectivity index (χ2n) is 7.06. The van der Waals surface area contributed by atoms with Crippen LogP contribution in [0.15, 0.2) is 48.5 Å². The molecule has 2 aliphatic heterocycles. The smallest absolute Gasteiger partial charge is 0.262 e. The fourth-order valence-corrected chi connectivity index (χ4v) is 3.53. The van der Waals surface area contributed by atoms with Gasteiger partial charge < -0.3 is 14.4 Å². The number of carbonyl (C=O) groups is 3. The summed E-state index contributed by atoms with van der Waals surface area (Å²) in [6.45, 7) is 1.03. The molecule has 1 saturated heterocycles. The number of morpholine rings is 1. The molecule has 2 aromatic rings. The van der Waals surface area contributed by atoms with Crippen molar-refractivity contribution >= 4 is 17.7 Å². The maximum atomic E-state index is 12.8. The van der Waals surface area contributed by atoms with Crippen LogP contribution in [0.25, 0.3) is 0 Å². The van der Waals surface area contributed by atoms with Crippen molar-refractivity contribution in [2.24, 2.45) is 0 Å². The third kappa shape index (κ3) is 3.91. The Morgan fingerprint density at radius 1 is 1.13 bits per heavy atom. The highest BCUT2D eigenvalue weighted by molar-refractivity contribution is 6.22. The quantitative estimate of drug-likeness (QED) is 0.559. The Morgan fingerprint density at radius 3 is 2.57 bits per heavy atom. The minimum Gasteiger partial charge on any atom is -0.491 e. The number of hydrogen-bond donors (Lipinski definition) is 0. The van der Waals surface area contributed by atoms with Gasteiger partial charge >= 0.3 is 0 Å². The molecule has 0 aromatic heterocycles. The maximum absolute atomic E-state index is 12.8. The lowest BCUT2D eigenvalue weighted by Gasteiger charge is -2.33. The molecule has 1 fully saturated rings. The highest BCUT2D eigenvalue weighted by atomic mass is 16.5. The number of fused-ring (bicyclic) bond motifs is 1. The summed E-state index contributed by atoms with van der Waals surface area (Å²) in [5.41, 5.74) is 1.38. The van der Waals surface area contributed by atoms with Gasteiger partial charge in [-0.2, -0.15) is 0 Å². The van der Waals surface area contributed by atoms with Crippen LogP contribution >= 0.6 is 0 Å². The lowest BCUT2D eigenvalue weighted by atomic mass is 10.1. The van der Waals surface area contributed by atoms with Crippen LogP contribution in [0, 0.1) is 12.3 Å². The van der Waals surface area contributed by atoms with Crippen molar-refractivity contribution in [2.45, 2.75) is 6.10 Å². The SMILES string of the molecule is C#Cc1cccc(OCC2CN(C(=O)CN3C(=O)c4ccccc4C3=O)CCO2)c1. The molecule has 0 radical (unpaired) electrons. The van der Waals surface area contributed by atoms with E-state index in [9.17, 15) is 14.4 Å². The summed E-state index contributed by atoms with van der Waals surface area (Å²) in [4.78, 5) is 40.3. The van der Waals surface area contributed by atoms with E-state index in [-0.39, 0.29) is 25.2 Å². The zero-order valence-corrected chi connectivity index (χ0v) is 16.2. The predicted octanol–water partition coefficient (Wildman–Crippen LogP) is 1.57. The molecular formula is C23H20N2O5. The molecule has 1 unspecified atom stereocenters. The van der Waals surface area contributed by atoms with Crippen molar-refractivity contribution in [3.05, 3.63) is 65.2 Å². The number of ether oxygens (including phenoxy) is 2. The van der Waals surface area contributed by atoms with Crippen LogP contribution in [0.2, 0.25) is 0 Å². The number of carbonyl (C=O) groups excluding carboxylic acids is 3. The Bertz CT molecular complexity index is 1010. The average molecular weight is 404 g/mol. The van der Waals surface area contributed by atoms with Crippen LogP contribution in [0.5, 0.6) is 5.75 Å². The predicted molar refractivity (Wildman–Crippen MR) is 108 cm³/mol.